The zero-order valence-corrected chi connectivity index (χ0v) is 13.2. The van der Waals surface area contributed by atoms with Crippen LogP contribution >= 0.6 is 0 Å². The van der Waals surface area contributed by atoms with Crippen LogP contribution in [0, 0.1) is 0 Å². The Labute approximate surface area is 137 Å². The minimum Gasteiger partial charge on any atom is -0.493 e. The van der Waals surface area contributed by atoms with Crippen molar-refractivity contribution in [3.05, 3.63) is 84.4 Å². The van der Waals surface area contributed by atoms with Gasteiger partial charge in [-0.2, -0.15) is 0 Å². The summed E-state index contributed by atoms with van der Waals surface area (Å²) in [5, 5.41) is 0. The Hall–Kier alpha value is -2.74. The fourth-order valence-corrected chi connectivity index (χ4v) is 2.48. The normalized spacial score (nSPS) is 10.3. The molecule has 0 heterocycles. The van der Waals surface area contributed by atoms with Crippen LogP contribution in [0.4, 0.5) is 0 Å². The maximum absolute atomic E-state index is 5.91. The van der Waals surface area contributed by atoms with Crippen molar-refractivity contribution in [1.82, 2.24) is 0 Å². The lowest BCUT2D eigenvalue weighted by atomic mass is 10.0. The van der Waals surface area contributed by atoms with Crippen LogP contribution in [0.3, 0.4) is 0 Å². The van der Waals surface area contributed by atoms with Crippen LogP contribution in [0.25, 0.3) is 11.1 Å². The van der Waals surface area contributed by atoms with Gasteiger partial charge in [-0.05, 0) is 36.2 Å². The van der Waals surface area contributed by atoms with Gasteiger partial charge in [0.05, 0.1) is 6.61 Å². The minimum absolute atomic E-state index is 0.567. The number of benzene rings is 3. The van der Waals surface area contributed by atoms with E-state index < -0.39 is 0 Å². The van der Waals surface area contributed by atoms with Crippen LogP contribution in [0.5, 0.6) is 11.5 Å². The maximum Gasteiger partial charge on any atom is 0.127 e. The summed E-state index contributed by atoms with van der Waals surface area (Å²) >= 11 is 0. The van der Waals surface area contributed by atoms with Crippen molar-refractivity contribution in [1.29, 1.82) is 0 Å². The quantitative estimate of drug-likeness (QED) is 0.612. The topological polar surface area (TPSA) is 18.5 Å². The van der Waals surface area contributed by atoms with Crippen molar-refractivity contribution < 1.29 is 9.47 Å². The number of hydrogen-bond acceptors (Lipinski definition) is 2. The van der Waals surface area contributed by atoms with Crippen LogP contribution in [0.1, 0.15) is 12.5 Å². The van der Waals surface area contributed by atoms with Crippen LogP contribution in [-0.2, 0) is 6.61 Å². The van der Waals surface area contributed by atoms with E-state index in [1.807, 2.05) is 55.5 Å². The van der Waals surface area contributed by atoms with E-state index in [2.05, 4.69) is 30.3 Å². The van der Waals surface area contributed by atoms with E-state index in [-0.39, 0.29) is 0 Å². The van der Waals surface area contributed by atoms with Crippen molar-refractivity contribution in [3.63, 3.8) is 0 Å². The Morgan fingerprint density at radius 2 is 1.52 bits per heavy atom. The van der Waals surface area contributed by atoms with E-state index in [1.165, 1.54) is 0 Å². The summed E-state index contributed by atoms with van der Waals surface area (Å²) in [6, 6.07) is 26.4. The van der Waals surface area contributed by atoms with E-state index in [1.54, 1.807) is 0 Å². The van der Waals surface area contributed by atoms with Crippen molar-refractivity contribution >= 4 is 0 Å². The first kappa shape index (κ1) is 15.2. The molecule has 3 aromatic rings. The molecule has 0 saturated carbocycles. The summed E-state index contributed by atoms with van der Waals surface area (Å²) in [6.07, 6.45) is 0. The molecule has 0 aliphatic rings. The highest BCUT2D eigenvalue weighted by molar-refractivity contribution is 5.71. The first-order valence-electron chi connectivity index (χ1n) is 7.86. The molecular formula is C21H20O2. The second-order valence-corrected chi connectivity index (χ2v) is 5.23. The van der Waals surface area contributed by atoms with E-state index in [0.717, 1.165) is 28.2 Å². The molecule has 0 saturated heterocycles. The second kappa shape index (κ2) is 7.50. The van der Waals surface area contributed by atoms with Gasteiger partial charge in [0.2, 0.25) is 0 Å². The Balaban J connectivity index is 1.80. The lowest BCUT2D eigenvalue weighted by Crippen LogP contribution is -1.96. The molecule has 0 aliphatic carbocycles. The molecule has 0 aromatic heterocycles. The Kier molecular flexibility index (Phi) is 4.95. The van der Waals surface area contributed by atoms with E-state index in [9.17, 15) is 0 Å². The first-order chi connectivity index (χ1) is 11.4. The van der Waals surface area contributed by atoms with Gasteiger partial charge in [-0.25, -0.2) is 0 Å². The van der Waals surface area contributed by atoms with Crippen molar-refractivity contribution in [3.8, 4) is 22.6 Å². The second-order valence-electron chi connectivity index (χ2n) is 5.23. The summed E-state index contributed by atoms with van der Waals surface area (Å²) < 4.78 is 11.6. The highest BCUT2D eigenvalue weighted by Gasteiger charge is 2.06. The molecule has 0 fully saturated rings. The third kappa shape index (κ3) is 3.92. The Morgan fingerprint density at radius 1 is 0.739 bits per heavy atom. The molecule has 3 rings (SSSR count). The van der Waals surface area contributed by atoms with Gasteiger partial charge in [0.1, 0.15) is 18.1 Å². The van der Waals surface area contributed by atoms with Gasteiger partial charge in [0, 0.05) is 5.56 Å². The lowest BCUT2D eigenvalue weighted by Gasteiger charge is -2.12. The molecular weight excluding hydrogens is 284 g/mol. The number of hydrogen-bond donors (Lipinski definition) is 0. The molecule has 3 aromatic carbocycles. The van der Waals surface area contributed by atoms with Crippen molar-refractivity contribution in [2.24, 2.45) is 0 Å². The molecule has 23 heavy (non-hydrogen) atoms. The third-order valence-electron chi connectivity index (χ3n) is 3.58. The van der Waals surface area contributed by atoms with Gasteiger partial charge in [-0.15, -0.1) is 0 Å². The minimum atomic E-state index is 0.567. The van der Waals surface area contributed by atoms with Crippen LogP contribution < -0.4 is 9.47 Å². The summed E-state index contributed by atoms with van der Waals surface area (Å²) in [5.41, 5.74) is 3.34. The fraction of sp³-hybridized carbons (Fsp3) is 0.143. The smallest absolute Gasteiger partial charge is 0.127 e. The lowest BCUT2D eigenvalue weighted by molar-refractivity contribution is 0.306. The molecule has 2 heteroatoms. The summed E-state index contributed by atoms with van der Waals surface area (Å²) in [4.78, 5) is 0. The van der Waals surface area contributed by atoms with Crippen LogP contribution in [0.2, 0.25) is 0 Å². The van der Waals surface area contributed by atoms with Crippen LogP contribution in [-0.4, -0.2) is 6.61 Å². The highest BCUT2D eigenvalue weighted by Crippen LogP contribution is 2.32. The van der Waals surface area contributed by atoms with Gasteiger partial charge in [-0.1, -0.05) is 60.7 Å². The zero-order chi connectivity index (χ0) is 15.9. The number of ether oxygens (including phenoxy) is 2. The third-order valence-corrected chi connectivity index (χ3v) is 3.58. The fourth-order valence-electron chi connectivity index (χ4n) is 2.48. The Morgan fingerprint density at radius 3 is 2.35 bits per heavy atom. The molecule has 116 valence electrons. The van der Waals surface area contributed by atoms with Gasteiger partial charge >= 0.3 is 0 Å². The van der Waals surface area contributed by atoms with Crippen molar-refractivity contribution in [2.45, 2.75) is 13.5 Å². The largest absolute Gasteiger partial charge is 0.493 e. The average Bonchev–Trinajstić information content (AvgIpc) is 2.62. The van der Waals surface area contributed by atoms with Crippen molar-refractivity contribution in [2.75, 3.05) is 6.61 Å². The van der Waals surface area contributed by atoms with Gasteiger partial charge in [-0.3, -0.25) is 0 Å². The van der Waals surface area contributed by atoms with E-state index in [4.69, 9.17) is 9.47 Å². The molecule has 0 N–H and O–H groups in total. The van der Waals surface area contributed by atoms with Crippen LogP contribution in [0.15, 0.2) is 78.9 Å². The molecule has 0 radical (unpaired) electrons. The summed E-state index contributed by atoms with van der Waals surface area (Å²) in [5.74, 6) is 1.76. The van der Waals surface area contributed by atoms with Gasteiger partial charge < -0.3 is 9.47 Å². The molecule has 0 spiro atoms. The number of para-hydroxylation sites is 1. The number of rotatable bonds is 6. The Bertz CT molecular complexity index is 751. The molecule has 0 amide bonds. The first-order valence-corrected chi connectivity index (χ1v) is 7.86. The van der Waals surface area contributed by atoms with E-state index in [0.29, 0.717) is 13.2 Å². The predicted octanol–water partition coefficient (Wildman–Crippen LogP) is 5.33. The summed E-state index contributed by atoms with van der Waals surface area (Å²) in [6.45, 7) is 3.22. The summed E-state index contributed by atoms with van der Waals surface area (Å²) in [7, 11) is 0. The van der Waals surface area contributed by atoms with Gasteiger partial charge in [0.15, 0.2) is 0 Å². The molecule has 0 unspecified atom stereocenters. The molecule has 0 atom stereocenters. The molecule has 0 aliphatic heterocycles. The molecule has 0 bridgehead atoms. The monoisotopic (exact) mass is 304 g/mol. The highest BCUT2D eigenvalue weighted by atomic mass is 16.5. The van der Waals surface area contributed by atoms with E-state index >= 15 is 0 Å². The predicted molar refractivity (Wildman–Crippen MR) is 93.8 cm³/mol. The zero-order valence-electron chi connectivity index (χ0n) is 13.2. The SMILES string of the molecule is CCOc1ccccc1-c1cccc(OCc2ccccc2)c1. The molecule has 2 nitrogen and oxygen atoms in total. The average molecular weight is 304 g/mol. The standard InChI is InChI=1S/C21H20O2/c1-2-22-21-14-7-6-13-20(21)18-11-8-12-19(15-18)23-16-17-9-4-3-5-10-17/h3-15H,2,16H2,1H3. The van der Waals surface area contributed by atoms with Gasteiger partial charge in [0.25, 0.3) is 0 Å². The maximum atomic E-state index is 5.91.